The number of carbonyl (C=O) groups excluding carboxylic acids is 1. The lowest BCUT2D eigenvalue weighted by Crippen LogP contribution is -2.16. The van der Waals surface area contributed by atoms with Crippen molar-refractivity contribution in [2.45, 2.75) is 129 Å². The molecule has 0 spiro atoms. The van der Waals surface area contributed by atoms with E-state index in [1.807, 2.05) is 25.1 Å². The molecule has 1 aliphatic carbocycles. The summed E-state index contributed by atoms with van der Waals surface area (Å²) < 4.78 is 248. The number of nitrogens with one attached hydrogen (secondary N) is 5. The van der Waals surface area contributed by atoms with Crippen molar-refractivity contribution in [2.24, 2.45) is 0 Å². The van der Waals surface area contributed by atoms with Crippen LogP contribution in [0.4, 0.5) is 26.3 Å². The largest absolute Gasteiger partial charge is 0.497 e. The highest BCUT2D eigenvalue weighted by Gasteiger charge is 2.41. The molecule has 20 aromatic rings. The number of nitrogens with zero attached hydrogens (tertiary/aromatic N) is 15. The zero-order valence-electron chi connectivity index (χ0n) is 78.3. The summed E-state index contributed by atoms with van der Waals surface area (Å²) in [6, 6.07) is 43.9. The van der Waals surface area contributed by atoms with E-state index >= 15 is 0 Å². The van der Waals surface area contributed by atoms with Gasteiger partial charge in [0.25, 0.3) is 27.8 Å². The predicted octanol–water partition coefficient (Wildman–Crippen LogP) is 11.9. The van der Waals surface area contributed by atoms with Gasteiger partial charge in [-0.1, -0.05) is 42.8 Å². The SMILES string of the molecule is CCOC(=O)c1ccc(S(=O)(=O)c2n[nH]n3c2nc(=O)c2ccc(OC)cc23)c(C)c1.CCc1ccc(S(=O)(=O)c2n[nH]n3c2nc(=O)c2ccc(OC)cc23)c(C)c1.COc1ccc2c(=O)nc3c(S(=O)(=O)c4ccc(C(F)(F)F)cc4)n[nH]n3c2c1.COc1ccc2c(=O)nc3c(S(=O)(=O)c4ccc(C)cc4C(F)(F)F)n[nH]n3c2c1.COc1ccc2c(=O)nc3c(S(=O)(=O)c4ccc(C5CC5)cc4C)n[nH]n3c2c1. The summed E-state index contributed by atoms with van der Waals surface area (Å²) in [6.45, 7) is 10.4. The third-order valence-corrected chi connectivity index (χ3v) is 32.5. The number of methoxy groups -OCH3 is 5. The molecule has 10 aromatic carbocycles. The Morgan fingerprint density at radius 2 is 0.660 bits per heavy atom. The van der Waals surface area contributed by atoms with Gasteiger partial charge < -0.3 is 28.4 Å². The molecule has 1 fully saturated rings. The van der Waals surface area contributed by atoms with Crippen LogP contribution in [0.2, 0.25) is 0 Å². The summed E-state index contributed by atoms with van der Waals surface area (Å²) in [5.41, 5.74) is -0.359. The molecule has 0 atom stereocenters. The first-order valence-electron chi connectivity index (χ1n) is 43.5. The number of hydrogen-bond acceptors (Lipinski definition) is 32. The lowest BCUT2D eigenvalue weighted by atomic mass is 10.1. The van der Waals surface area contributed by atoms with Crippen molar-refractivity contribution in [1.29, 1.82) is 0 Å². The summed E-state index contributed by atoms with van der Waals surface area (Å²) in [4.78, 5) is 92.4. The molecule has 42 nitrogen and oxygen atoms in total. The van der Waals surface area contributed by atoms with Gasteiger partial charge in [-0.05, 0) is 215 Å². The molecule has 0 aliphatic heterocycles. The number of H-pyrrole nitrogens is 5. The second-order valence-electron chi connectivity index (χ2n) is 32.9. The van der Waals surface area contributed by atoms with E-state index < -0.39 is 137 Å². The number of rotatable bonds is 19. The van der Waals surface area contributed by atoms with Gasteiger partial charge in [0.15, 0.2) is 28.2 Å². The Kier molecular flexibility index (Phi) is 26.7. The monoisotopic (exact) mass is 2110 g/mol. The molecule has 10 heterocycles. The van der Waals surface area contributed by atoms with Crippen LogP contribution in [-0.4, -0.2) is 189 Å². The topological polar surface area (TPSA) is 558 Å². The summed E-state index contributed by atoms with van der Waals surface area (Å²) >= 11 is 0. The minimum absolute atomic E-state index is 0.0403. The highest BCUT2D eigenvalue weighted by Crippen LogP contribution is 2.43. The quantitative estimate of drug-likeness (QED) is 0.0371. The maximum atomic E-state index is 13.5. The third-order valence-electron chi connectivity index (χ3n) is 23.6. The zero-order chi connectivity index (χ0) is 106. The molecule has 5 N–H and O–H groups in total. The first kappa shape index (κ1) is 102. The minimum Gasteiger partial charge on any atom is -0.497 e. The molecule has 1 saturated carbocycles. The lowest BCUT2D eigenvalue weighted by molar-refractivity contribution is -0.140. The van der Waals surface area contributed by atoms with Crippen molar-refractivity contribution < 1.29 is 102 Å². The van der Waals surface area contributed by atoms with E-state index in [1.165, 1.54) is 115 Å². The van der Waals surface area contributed by atoms with E-state index in [2.05, 4.69) is 76.5 Å². The van der Waals surface area contributed by atoms with Crippen LogP contribution in [0, 0.1) is 27.7 Å². The number of alkyl halides is 6. The van der Waals surface area contributed by atoms with Crippen molar-refractivity contribution in [2.75, 3.05) is 42.2 Å². The maximum Gasteiger partial charge on any atom is 0.417 e. The molecule has 147 heavy (non-hydrogen) atoms. The Bertz CT molecular complexity index is 9810. The summed E-state index contributed by atoms with van der Waals surface area (Å²) in [5, 5.41) is 31.1. The molecule has 0 amide bonds. The number of ether oxygens (including phenoxy) is 6. The number of esters is 1. The number of hydrogen-bond donors (Lipinski definition) is 5. The van der Waals surface area contributed by atoms with Crippen molar-refractivity contribution >= 4 is 138 Å². The Balaban J connectivity index is 0.000000126. The highest BCUT2D eigenvalue weighted by molar-refractivity contribution is 7.92. The number of aromatic nitrogens is 20. The van der Waals surface area contributed by atoms with E-state index in [0.29, 0.717) is 90.8 Å². The minimum atomic E-state index is -4.91. The standard InChI is InChI=1S/C20H18N4O6S.C20H18N4O4S.C19H18N4O4S.C18H13F3N4O4S.C17H11F3N4O4S/c1-4-30-20(26)12-5-8-16(11(2)9-12)31(27,28)19-17-21-18(25)14-7-6-13(29-3)10-15(14)24(17)23-22-19;1-11-9-13(12-3-4-12)5-8-17(11)29(26,27)20-18-21-19(25)15-7-6-14(28-2)10-16(15)24(18)23-22-20;1-4-12-5-8-16(11(2)9-12)28(25,26)19-17-20-18(24)14-7-6-13(27-3)10-15(14)23(17)22-21-19;1-9-3-6-14(12(7-9)18(19,20)21)30(27,28)17-15-22-16(26)11-5-4-10(29-2)8-13(11)25(15)24-23-17;1-28-10-4-7-12-13(8-10)24-14(21-15(12)25)16(22-23-24)29(26,27)11-5-2-9(3-6-11)17(18,19)20/h5-10,23H,4H2,1-3H3;5-10,12,23H,3-4H2,1-2H3;5-10,22H,4H2,1-3H3;3-8,24H,1-2H3;2-8,23H,1H3. The first-order valence-corrected chi connectivity index (χ1v) is 50.9. The van der Waals surface area contributed by atoms with E-state index in [4.69, 9.17) is 28.4 Å². The molecular weight excluding hydrogens is 2040 g/mol. The van der Waals surface area contributed by atoms with Gasteiger partial charge in [-0.3, -0.25) is 24.0 Å². The molecule has 10 aromatic heterocycles. The predicted molar refractivity (Wildman–Crippen MR) is 514 cm³/mol. The fourth-order valence-corrected chi connectivity index (χ4v) is 23.2. The second-order valence-corrected chi connectivity index (χ2v) is 42.1. The summed E-state index contributed by atoms with van der Waals surface area (Å²) in [6.07, 6.45) is -6.44. The van der Waals surface area contributed by atoms with Gasteiger partial charge in [-0.15, -0.1) is 25.5 Å². The van der Waals surface area contributed by atoms with Gasteiger partial charge in [0.1, 0.15) is 28.7 Å². The highest BCUT2D eigenvalue weighted by atomic mass is 32.2. The van der Waals surface area contributed by atoms with Gasteiger partial charge in [-0.2, -0.15) is 51.3 Å². The van der Waals surface area contributed by atoms with Crippen molar-refractivity contribution in [3.05, 3.63) is 290 Å². The first-order chi connectivity index (χ1) is 69.7. The van der Waals surface area contributed by atoms with Gasteiger partial charge in [0.2, 0.25) is 74.3 Å². The molecule has 0 radical (unpaired) electrons. The van der Waals surface area contributed by atoms with E-state index in [1.54, 1.807) is 107 Å². The average molecular weight is 2110 g/mol. The summed E-state index contributed by atoms with van der Waals surface area (Å²) in [7, 11) is -13.9. The molecule has 0 saturated heterocycles. The number of halogens is 6. The van der Waals surface area contributed by atoms with Crippen LogP contribution in [-0.2, 0) is 72.7 Å². The van der Waals surface area contributed by atoms with Crippen molar-refractivity contribution in [3.8, 4) is 28.7 Å². The van der Waals surface area contributed by atoms with Gasteiger partial charge in [0, 0.05) is 30.3 Å². The number of aryl methyl sites for hydroxylation is 5. The molecule has 1 aliphatic rings. The van der Waals surface area contributed by atoms with Gasteiger partial charge in [-0.25, -0.2) is 95.5 Å². The maximum absolute atomic E-state index is 13.5. The zero-order valence-corrected chi connectivity index (χ0v) is 82.4. The van der Waals surface area contributed by atoms with E-state index in [9.17, 15) is 97.2 Å². The van der Waals surface area contributed by atoms with Crippen molar-refractivity contribution in [1.82, 2.24) is 99.1 Å². The number of sulfone groups is 5. The molecule has 758 valence electrons. The average Bonchev–Trinajstić information content (AvgIpc) is 1.71. The number of benzene rings is 10. The van der Waals surface area contributed by atoms with E-state index in [-0.39, 0.29) is 92.3 Å². The number of carbonyl (C=O) groups is 1. The fourth-order valence-electron chi connectivity index (χ4n) is 16.1. The summed E-state index contributed by atoms with van der Waals surface area (Å²) in [5.74, 6) is 2.31. The molecule has 21 rings (SSSR count). The third kappa shape index (κ3) is 18.8. The molecule has 0 unspecified atom stereocenters. The van der Waals surface area contributed by atoms with Crippen LogP contribution in [0.3, 0.4) is 0 Å². The smallest absolute Gasteiger partial charge is 0.417 e. The Labute approximate surface area is 823 Å². The molecule has 0 bridgehead atoms. The molecular formula is C94H78F6N20O22S5. The number of fused-ring (bicyclic) bond motifs is 15. The van der Waals surface area contributed by atoms with Crippen LogP contribution in [0.1, 0.15) is 87.5 Å². The van der Waals surface area contributed by atoms with Crippen LogP contribution in [0.25, 0.3) is 82.8 Å². The van der Waals surface area contributed by atoms with Gasteiger partial charge in [0.05, 0.1) is 138 Å². The second kappa shape index (κ2) is 38.6. The van der Waals surface area contributed by atoms with Crippen LogP contribution >= 0.6 is 0 Å². The normalized spacial score (nSPS) is 12.7. The van der Waals surface area contributed by atoms with Crippen LogP contribution < -0.4 is 51.5 Å². The van der Waals surface area contributed by atoms with Crippen LogP contribution in [0.5, 0.6) is 28.7 Å². The van der Waals surface area contributed by atoms with Gasteiger partial charge >= 0.3 is 18.3 Å². The van der Waals surface area contributed by atoms with Crippen LogP contribution in [0.15, 0.2) is 262 Å². The Hall–Kier alpha value is -17.0. The fraction of sp³-hybridized carbons (Fsp3) is 0.191. The number of aromatic amines is 5. The molecule has 53 heteroatoms. The lowest BCUT2D eigenvalue weighted by Gasteiger charge is -2.13. The Morgan fingerprint density at radius 1 is 0.354 bits per heavy atom. The van der Waals surface area contributed by atoms with Crippen molar-refractivity contribution in [3.63, 3.8) is 0 Å². The van der Waals surface area contributed by atoms with E-state index in [0.717, 1.165) is 59.2 Å². The Morgan fingerprint density at radius 3 is 0.952 bits per heavy atom.